The van der Waals surface area contributed by atoms with Gasteiger partial charge in [0, 0.05) is 11.0 Å². The first-order valence-corrected chi connectivity index (χ1v) is 7.27. The van der Waals surface area contributed by atoms with Gasteiger partial charge < -0.3 is 10.3 Å². The molecule has 2 rings (SSSR count). The van der Waals surface area contributed by atoms with Crippen LogP contribution in [0.15, 0.2) is 24.3 Å². The second-order valence-corrected chi connectivity index (χ2v) is 6.26. The molecule has 0 saturated carbocycles. The third kappa shape index (κ3) is 2.95. The Morgan fingerprint density at radius 3 is 2.33 bits per heavy atom. The number of terminal acetylenes is 1. The van der Waals surface area contributed by atoms with Crippen molar-refractivity contribution in [3.8, 4) is 23.6 Å². The third-order valence-electron chi connectivity index (χ3n) is 3.56. The Labute approximate surface area is 127 Å². The van der Waals surface area contributed by atoms with E-state index < -0.39 is 0 Å². The maximum absolute atomic E-state index is 6.29. The van der Waals surface area contributed by atoms with E-state index in [0.29, 0.717) is 12.4 Å². The lowest BCUT2D eigenvalue weighted by Gasteiger charge is -2.18. The molecule has 0 aliphatic carbocycles. The number of aromatic nitrogens is 2. The van der Waals surface area contributed by atoms with Crippen LogP contribution in [-0.2, 0) is 18.4 Å². The fraction of sp³-hybridized carbons (Fsp3) is 0.389. The number of imidazole rings is 1. The summed E-state index contributed by atoms with van der Waals surface area (Å²) < 4.78 is 1.93. The first-order chi connectivity index (χ1) is 9.88. The van der Waals surface area contributed by atoms with Gasteiger partial charge in [-0.3, -0.25) is 0 Å². The summed E-state index contributed by atoms with van der Waals surface area (Å²) in [6.45, 7) is 8.93. The van der Waals surface area contributed by atoms with Gasteiger partial charge in [-0.1, -0.05) is 57.9 Å². The highest BCUT2D eigenvalue weighted by molar-refractivity contribution is 5.71. The van der Waals surface area contributed by atoms with Crippen LogP contribution in [0.5, 0.6) is 0 Å². The molecule has 0 atom stereocenters. The van der Waals surface area contributed by atoms with Gasteiger partial charge in [0.25, 0.3) is 0 Å². The van der Waals surface area contributed by atoms with Crippen molar-refractivity contribution in [3.05, 3.63) is 35.7 Å². The number of nitrogen functional groups attached to an aromatic ring is 1. The van der Waals surface area contributed by atoms with E-state index in [-0.39, 0.29) is 5.41 Å². The van der Waals surface area contributed by atoms with Crippen LogP contribution in [0.1, 0.15) is 39.1 Å². The van der Waals surface area contributed by atoms with Crippen LogP contribution in [-0.4, -0.2) is 9.55 Å². The second kappa shape index (κ2) is 5.65. The monoisotopic (exact) mass is 281 g/mol. The first-order valence-electron chi connectivity index (χ1n) is 7.27. The lowest BCUT2D eigenvalue weighted by atomic mass is 9.95. The number of anilines is 1. The summed E-state index contributed by atoms with van der Waals surface area (Å²) in [5.41, 5.74) is 9.34. The van der Waals surface area contributed by atoms with Crippen LogP contribution < -0.4 is 5.73 Å². The zero-order valence-electron chi connectivity index (χ0n) is 13.3. The molecule has 0 bridgehead atoms. The topological polar surface area (TPSA) is 43.8 Å². The van der Waals surface area contributed by atoms with Gasteiger partial charge in [0.2, 0.25) is 0 Å². The van der Waals surface area contributed by atoms with Gasteiger partial charge in [0.1, 0.15) is 17.3 Å². The zero-order valence-corrected chi connectivity index (χ0v) is 13.3. The Balaban J connectivity index is 2.56. The highest BCUT2D eigenvalue weighted by Gasteiger charge is 2.25. The average Bonchev–Trinajstić information content (AvgIpc) is 2.77. The zero-order chi connectivity index (χ0) is 15.6. The van der Waals surface area contributed by atoms with E-state index >= 15 is 0 Å². The van der Waals surface area contributed by atoms with E-state index in [2.05, 4.69) is 57.9 Å². The van der Waals surface area contributed by atoms with Crippen molar-refractivity contribution < 1.29 is 0 Å². The van der Waals surface area contributed by atoms with Crippen molar-refractivity contribution in [2.75, 3.05) is 5.73 Å². The molecule has 0 saturated heterocycles. The molecule has 3 nitrogen and oxygen atoms in total. The number of benzene rings is 1. The molecule has 0 unspecified atom stereocenters. The normalized spacial score (nSPS) is 11.4. The van der Waals surface area contributed by atoms with Gasteiger partial charge >= 0.3 is 0 Å². The molecule has 2 N–H and O–H groups in total. The fourth-order valence-corrected chi connectivity index (χ4v) is 2.40. The molecular weight excluding hydrogens is 258 g/mol. The molecule has 21 heavy (non-hydrogen) atoms. The van der Waals surface area contributed by atoms with Gasteiger partial charge in [0.05, 0.1) is 6.54 Å². The number of nitrogens with two attached hydrogens (primary N) is 1. The largest absolute Gasteiger partial charge is 0.383 e. The predicted octanol–water partition coefficient (Wildman–Crippen LogP) is 3.63. The molecule has 0 amide bonds. The molecule has 0 aliphatic rings. The van der Waals surface area contributed by atoms with Gasteiger partial charge in [-0.15, -0.1) is 6.42 Å². The van der Waals surface area contributed by atoms with Crippen molar-refractivity contribution in [2.45, 2.75) is 46.1 Å². The summed E-state index contributed by atoms with van der Waals surface area (Å²) in [4.78, 5) is 4.77. The van der Waals surface area contributed by atoms with Crippen LogP contribution in [0.2, 0.25) is 0 Å². The second-order valence-electron chi connectivity index (χ2n) is 6.26. The smallest absolute Gasteiger partial charge is 0.132 e. The van der Waals surface area contributed by atoms with Gasteiger partial charge in [0.15, 0.2) is 0 Å². The summed E-state index contributed by atoms with van der Waals surface area (Å²) in [5.74, 6) is 4.23. The maximum atomic E-state index is 6.29. The van der Waals surface area contributed by atoms with Crippen LogP contribution >= 0.6 is 0 Å². The van der Waals surface area contributed by atoms with E-state index in [9.17, 15) is 0 Å². The van der Waals surface area contributed by atoms with Gasteiger partial charge in [-0.05, 0) is 12.0 Å². The Morgan fingerprint density at radius 1 is 1.24 bits per heavy atom. The minimum absolute atomic E-state index is 0.105. The minimum atomic E-state index is -0.105. The van der Waals surface area contributed by atoms with Crippen LogP contribution in [0, 0.1) is 12.3 Å². The van der Waals surface area contributed by atoms with Crippen LogP contribution in [0.25, 0.3) is 11.3 Å². The van der Waals surface area contributed by atoms with Crippen LogP contribution in [0.4, 0.5) is 5.82 Å². The lowest BCUT2D eigenvalue weighted by molar-refractivity contribution is 0.517. The number of nitrogens with zero attached hydrogens (tertiary/aromatic N) is 2. The molecule has 0 aliphatic heterocycles. The van der Waals surface area contributed by atoms with Crippen molar-refractivity contribution >= 4 is 5.82 Å². The average molecular weight is 281 g/mol. The molecule has 1 heterocycles. The van der Waals surface area contributed by atoms with Crippen molar-refractivity contribution in [3.63, 3.8) is 0 Å². The summed E-state index contributed by atoms with van der Waals surface area (Å²) >= 11 is 0. The van der Waals surface area contributed by atoms with Crippen molar-refractivity contribution in [2.24, 2.45) is 0 Å². The minimum Gasteiger partial charge on any atom is -0.383 e. The summed E-state index contributed by atoms with van der Waals surface area (Å²) in [6.07, 6.45) is 6.50. The SMILES string of the molecule is C#CCn1c(C(C)(C)C)nc(-c2ccc(CC)cc2)c1N. The Morgan fingerprint density at radius 2 is 1.86 bits per heavy atom. The molecule has 1 aromatic heterocycles. The predicted molar refractivity (Wildman–Crippen MR) is 89.0 cm³/mol. The van der Waals surface area contributed by atoms with E-state index in [1.54, 1.807) is 0 Å². The van der Waals surface area contributed by atoms with Crippen molar-refractivity contribution in [1.82, 2.24) is 9.55 Å². The molecule has 1 aromatic carbocycles. The van der Waals surface area contributed by atoms with E-state index in [1.807, 2.05) is 4.57 Å². The highest BCUT2D eigenvalue weighted by Crippen LogP contribution is 2.31. The molecule has 0 radical (unpaired) electrons. The highest BCUT2D eigenvalue weighted by atomic mass is 15.1. The summed E-state index contributed by atoms with van der Waals surface area (Å²) in [5, 5.41) is 0. The van der Waals surface area contributed by atoms with Gasteiger partial charge in [-0.2, -0.15) is 0 Å². The maximum Gasteiger partial charge on any atom is 0.132 e. The number of aryl methyl sites for hydroxylation is 1. The number of rotatable bonds is 3. The Hall–Kier alpha value is -2.21. The van der Waals surface area contributed by atoms with E-state index in [1.165, 1.54) is 5.56 Å². The molecule has 110 valence electrons. The Kier molecular flexibility index (Phi) is 4.09. The standard InChI is InChI=1S/C18H23N3/c1-6-12-21-16(19)15(20-17(21)18(3,4)5)14-10-8-13(7-2)9-11-14/h1,8-11H,7,12,19H2,2-5H3. The fourth-order valence-electron chi connectivity index (χ4n) is 2.40. The van der Waals surface area contributed by atoms with Crippen LogP contribution in [0.3, 0.4) is 0 Å². The number of hydrogen-bond acceptors (Lipinski definition) is 2. The summed E-state index contributed by atoms with van der Waals surface area (Å²) in [6, 6.07) is 8.38. The van der Waals surface area contributed by atoms with E-state index in [0.717, 1.165) is 23.5 Å². The molecular formula is C18H23N3. The molecule has 0 fully saturated rings. The third-order valence-corrected chi connectivity index (χ3v) is 3.56. The number of hydrogen-bond donors (Lipinski definition) is 1. The lowest BCUT2D eigenvalue weighted by Crippen LogP contribution is -2.19. The molecule has 0 spiro atoms. The molecule has 2 aromatic rings. The quantitative estimate of drug-likeness (QED) is 0.873. The molecule has 3 heteroatoms. The van der Waals surface area contributed by atoms with Gasteiger partial charge in [-0.25, -0.2) is 4.98 Å². The van der Waals surface area contributed by atoms with E-state index in [4.69, 9.17) is 17.1 Å². The van der Waals surface area contributed by atoms with Crippen molar-refractivity contribution in [1.29, 1.82) is 0 Å². The summed E-state index contributed by atoms with van der Waals surface area (Å²) in [7, 11) is 0. The Bertz CT molecular complexity index is 664. The first kappa shape index (κ1) is 15.2.